The Morgan fingerprint density at radius 3 is 2.36 bits per heavy atom. The topological polar surface area (TPSA) is 70.5 Å². The van der Waals surface area contributed by atoms with Gasteiger partial charge in [-0.1, -0.05) is 74.3 Å². The van der Waals surface area contributed by atoms with Gasteiger partial charge in [0.05, 0.1) is 29.6 Å². The van der Waals surface area contributed by atoms with Crippen LogP contribution in [0.3, 0.4) is 0 Å². The van der Waals surface area contributed by atoms with Gasteiger partial charge in [0.25, 0.3) is 0 Å². The number of benzene rings is 2. The molecule has 3 aromatic rings. The van der Waals surface area contributed by atoms with Crippen molar-refractivity contribution < 1.29 is 14.7 Å². The Labute approximate surface area is 222 Å². The van der Waals surface area contributed by atoms with Crippen molar-refractivity contribution in [3.63, 3.8) is 0 Å². The summed E-state index contributed by atoms with van der Waals surface area (Å²) in [5.41, 5.74) is 1.55. The molecule has 0 saturated carbocycles. The van der Waals surface area contributed by atoms with E-state index in [-0.39, 0.29) is 36.2 Å². The molecule has 0 spiro atoms. The second-order valence-electron chi connectivity index (χ2n) is 10.1. The van der Waals surface area contributed by atoms with E-state index in [2.05, 4.69) is 18.8 Å². The average Bonchev–Trinajstić information content (AvgIpc) is 2.83. The van der Waals surface area contributed by atoms with Crippen molar-refractivity contribution in [1.82, 2.24) is 9.88 Å². The standard InChI is InChI=1S/C29H30Cl2N2O3/c1-18(2)26(24-9-4-5-14-32-24)33-27(19-10-12-21(30)13-11-19)23(20-7-6-8-22(31)15-20)16-29(3,28(33)36)17-25(34)35/h4-15,18,23,26-27H,16-17H2,1-3H3,(H,34,35)/t23-,26-,27-,29-/m1/s1. The van der Waals surface area contributed by atoms with Crippen molar-refractivity contribution >= 4 is 35.1 Å². The number of carboxylic acids is 1. The molecule has 2 aromatic carbocycles. The number of rotatable bonds is 7. The molecule has 7 heteroatoms. The third-order valence-electron chi connectivity index (χ3n) is 7.05. The van der Waals surface area contributed by atoms with Gasteiger partial charge in [-0.3, -0.25) is 14.6 Å². The van der Waals surface area contributed by atoms with Crippen molar-refractivity contribution in [2.24, 2.45) is 11.3 Å². The molecule has 36 heavy (non-hydrogen) atoms. The number of halogens is 2. The fourth-order valence-corrected chi connectivity index (χ4v) is 5.87. The summed E-state index contributed by atoms with van der Waals surface area (Å²) in [5, 5.41) is 11.0. The van der Waals surface area contributed by atoms with Crippen LogP contribution in [0.15, 0.2) is 72.9 Å². The molecule has 4 atom stereocenters. The fourth-order valence-electron chi connectivity index (χ4n) is 5.54. The number of amides is 1. The number of nitrogens with zero attached hydrogens (tertiary/aromatic N) is 2. The number of hydrogen-bond donors (Lipinski definition) is 1. The summed E-state index contributed by atoms with van der Waals surface area (Å²) in [7, 11) is 0. The Kier molecular flexibility index (Phi) is 7.72. The number of hydrogen-bond acceptors (Lipinski definition) is 3. The molecule has 2 heterocycles. The molecule has 1 aliphatic heterocycles. The summed E-state index contributed by atoms with van der Waals surface area (Å²) in [6, 6.07) is 20.1. The van der Waals surface area contributed by atoms with Crippen molar-refractivity contribution in [2.45, 2.75) is 51.6 Å². The summed E-state index contributed by atoms with van der Waals surface area (Å²) >= 11 is 12.6. The van der Waals surface area contributed by atoms with E-state index in [4.69, 9.17) is 23.2 Å². The molecule has 4 rings (SSSR count). The highest BCUT2D eigenvalue weighted by Crippen LogP contribution is 2.54. The van der Waals surface area contributed by atoms with Gasteiger partial charge in [0, 0.05) is 22.2 Å². The lowest BCUT2D eigenvalue weighted by Gasteiger charge is -2.52. The first-order valence-corrected chi connectivity index (χ1v) is 12.8. The summed E-state index contributed by atoms with van der Waals surface area (Å²) < 4.78 is 0. The van der Waals surface area contributed by atoms with E-state index < -0.39 is 11.4 Å². The van der Waals surface area contributed by atoms with Crippen LogP contribution in [-0.4, -0.2) is 26.9 Å². The highest BCUT2D eigenvalue weighted by atomic mass is 35.5. The van der Waals surface area contributed by atoms with Crippen LogP contribution in [-0.2, 0) is 9.59 Å². The molecule has 1 fully saturated rings. The Morgan fingerprint density at radius 2 is 1.78 bits per heavy atom. The van der Waals surface area contributed by atoms with Crippen LogP contribution in [0.25, 0.3) is 0 Å². The summed E-state index contributed by atoms with van der Waals surface area (Å²) in [6.45, 7) is 5.88. The lowest BCUT2D eigenvalue weighted by atomic mass is 9.66. The number of aromatic nitrogens is 1. The quantitative estimate of drug-likeness (QED) is 0.351. The van der Waals surface area contributed by atoms with Crippen molar-refractivity contribution in [3.8, 4) is 0 Å². The lowest BCUT2D eigenvalue weighted by molar-refractivity contribution is -0.162. The van der Waals surface area contributed by atoms with Crippen LogP contribution in [0.1, 0.15) is 68.4 Å². The van der Waals surface area contributed by atoms with Gasteiger partial charge in [0.15, 0.2) is 0 Å². The van der Waals surface area contributed by atoms with Crippen molar-refractivity contribution in [3.05, 3.63) is 99.8 Å². The summed E-state index contributed by atoms with van der Waals surface area (Å²) in [5.74, 6) is -1.37. The Morgan fingerprint density at radius 1 is 1.06 bits per heavy atom. The Balaban J connectivity index is 1.98. The van der Waals surface area contributed by atoms with Crippen molar-refractivity contribution in [2.75, 3.05) is 0 Å². The molecule has 0 radical (unpaired) electrons. The second kappa shape index (κ2) is 10.6. The minimum atomic E-state index is -1.11. The molecule has 1 amide bonds. The number of pyridine rings is 1. The molecule has 1 saturated heterocycles. The molecule has 1 aliphatic rings. The third-order valence-corrected chi connectivity index (χ3v) is 7.54. The Bertz CT molecular complexity index is 1230. The van der Waals surface area contributed by atoms with Gasteiger partial charge in [-0.2, -0.15) is 0 Å². The van der Waals surface area contributed by atoms with Crippen LogP contribution in [0.5, 0.6) is 0 Å². The fraction of sp³-hybridized carbons (Fsp3) is 0.345. The second-order valence-corrected chi connectivity index (χ2v) is 11.0. The van der Waals surface area contributed by atoms with E-state index >= 15 is 0 Å². The molecule has 188 valence electrons. The van der Waals surface area contributed by atoms with Gasteiger partial charge >= 0.3 is 5.97 Å². The van der Waals surface area contributed by atoms with Crippen LogP contribution in [0.2, 0.25) is 10.0 Å². The number of carbonyl (C=O) groups excluding carboxylic acids is 1. The first kappa shape index (κ1) is 26.2. The number of carbonyl (C=O) groups is 2. The van der Waals surface area contributed by atoms with E-state index in [1.54, 1.807) is 13.1 Å². The minimum Gasteiger partial charge on any atom is -0.481 e. The molecule has 5 nitrogen and oxygen atoms in total. The molecule has 1 N–H and O–H groups in total. The van der Waals surface area contributed by atoms with E-state index in [0.717, 1.165) is 16.8 Å². The van der Waals surface area contributed by atoms with Gasteiger partial charge in [-0.15, -0.1) is 0 Å². The molecule has 0 bridgehead atoms. The maximum atomic E-state index is 14.4. The maximum absolute atomic E-state index is 14.4. The zero-order chi connectivity index (χ0) is 26.0. The van der Waals surface area contributed by atoms with Crippen LogP contribution >= 0.6 is 23.2 Å². The summed E-state index contributed by atoms with van der Waals surface area (Å²) in [4.78, 5) is 32.8. The van der Waals surface area contributed by atoms with Gasteiger partial charge < -0.3 is 10.0 Å². The SMILES string of the molecule is CC(C)[C@H](c1ccccn1)N1C(=O)[C@@](C)(CC(=O)O)C[C@H](c2cccc(Cl)c2)[C@H]1c1ccc(Cl)cc1. The predicted molar refractivity (Wildman–Crippen MR) is 142 cm³/mol. The first-order chi connectivity index (χ1) is 17.1. The number of piperidine rings is 1. The number of likely N-dealkylation sites (tertiary alicyclic amines) is 1. The van der Waals surface area contributed by atoms with E-state index in [1.165, 1.54) is 0 Å². The van der Waals surface area contributed by atoms with E-state index in [1.807, 2.05) is 71.6 Å². The predicted octanol–water partition coefficient (Wildman–Crippen LogP) is 7.32. The van der Waals surface area contributed by atoms with Crippen LogP contribution in [0.4, 0.5) is 0 Å². The molecule has 1 aromatic heterocycles. The first-order valence-electron chi connectivity index (χ1n) is 12.1. The number of carboxylic acid groups (broad SMARTS) is 1. The zero-order valence-corrected chi connectivity index (χ0v) is 22.1. The highest BCUT2D eigenvalue weighted by Gasteiger charge is 2.53. The molecular weight excluding hydrogens is 495 g/mol. The van der Waals surface area contributed by atoms with Crippen LogP contribution < -0.4 is 0 Å². The van der Waals surface area contributed by atoms with Crippen LogP contribution in [0, 0.1) is 11.3 Å². The smallest absolute Gasteiger partial charge is 0.304 e. The average molecular weight is 525 g/mol. The molecule has 0 unspecified atom stereocenters. The Hall–Kier alpha value is -2.89. The van der Waals surface area contributed by atoms with Gasteiger partial charge in [0.1, 0.15) is 0 Å². The van der Waals surface area contributed by atoms with Gasteiger partial charge in [-0.05, 0) is 59.9 Å². The maximum Gasteiger partial charge on any atom is 0.304 e. The van der Waals surface area contributed by atoms with E-state index in [0.29, 0.717) is 16.5 Å². The molecule has 0 aliphatic carbocycles. The highest BCUT2D eigenvalue weighted by molar-refractivity contribution is 6.30. The number of aliphatic carboxylic acids is 1. The van der Waals surface area contributed by atoms with Gasteiger partial charge in [-0.25, -0.2) is 0 Å². The van der Waals surface area contributed by atoms with Gasteiger partial charge in [0.2, 0.25) is 5.91 Å². The monoisotopic (exact) mass is 524 g/mol. The molecular formula is C29H30Cl2N2O3. The third kappa shape index (κ3) is 5.28. The minimum absolute atomic E-state index is 0.0193. The summed E-state index contributed by atoms with van der Waals surface area (Å²) in [6.07, 6.45) is 1.83. The van der Waals surface area contributed by atoms with E-state index in [9.17, 15) is 14.7 Å². The lowest BCUT2D eigenvalue weighted by Crippen LogP contribution is -2.54. The zero-order valence-electron chi connectivity index (χ0n) is 20.6. The van der Waals surface area contributed by atoms with Crippen molar-refractivity contribution in [1.29, 1.82) is 0 Å². The normalized spacial score (nSPS) is 23.1. The largest absolute Gasteiger partial charge is 0.481 e.